The van der Waals surface area contributed by atoms with E-state index in [9.17, 15) is 4.79 Å². The van der Waals surface area contributed by atoms with Crippen molar-refractivity contribution >= 4 is 22.5 Å². The Kier molecular flexibility index (Phi) is 5.54. The molecule has 3 heterocycles. The Bertz CT molecular complexity index is 770. The number of urea groups is 1. The average Bonchev–Trinajstić information content (AvgIpc) is 3.45. The van der Waals surface area contributed by atoms with Crippen LogP contribution in [-0.2, 0) is 4.74 Å². The van der Waals surface area contributed by atoms with Gasteiger partial charge in [-0.15, -0.1) is 11.3 Å². The SMILES string of the molecule is COc1ccc([C@@H](NC(=O)Nc2ncc(C3CCOCC3)s2)C2CC2)cn1. The van der Waals surface area contributed by atoms with Gasteiger partial charge in [-0.2, -0.15) is 0 Å². The molecule has 1 atom stereocenters. The molecule has 1 saturated heterocycles. The summed E-state index contributed by atoms with van der Waals surface area (Å²) >= 11 is 1.55. The van der Waals surface area contributed by atoms with Crippen molar-refractivity contribution < 1.29 is 14.3 Å². The Balaban J connectivity index is 1.37. The standard InChI is InChI=1S/C19H24N4O3S/c1-25-16-5-4-14(10-20-16)17(13-2-3-13)22-18(24)23-19-21-11-15(27-19)12-6-8-26-9-7-12/h4-5,10-13,17H,2-3,6-9H2,1H3,(H2,21,22,23,24)/t17-/m0/s1. The van der Waals surface area contributed by atoms with Gasteiger partial charge in [-0.3, -0.25) is 5.32 Å². The molecule has 2 fully saturated rings. The number of pyridine rings is 1. The van der Waals surface area contributed by atoms with Gasteiger partial charge in [-0.25, -0.2) is 14.8 Å². The Morgan fingerprint density at radius 1 is 1.22 bits per heavy atom. The van der Waals surface area contributed by atoms with E-state index < -0.39 is 0 Å². The lowest BCUT2D eigenvalue weighted by Crippen LogP contribution is -2.33. The van der Waals surface area contributed by atoms with Crippen molar-refractivity contribution in [2.45, 2.75) is 37.6 Å². The van der Waals surface area contributed by atoms with Crippen LogP contribution in [0.2, 0.25) is 0 Å². The molecule has 2 aromatic rings. The van der Waals surface area contributed by atoms with Crippen molar-refractivity contribution in [2.24, 2.45) is 5.92 Å². The maximum atomic E-state index is 12.5. The van der Waals surface area contributed by atoms with Crippen LogP contribution in [0.4, 0.5) is 9.93 Å². The lowest BCUT2D eigenvalue weighted by atomic mass is 9.99. The first-order valence-corrected chi connectivity index (χ1v) is 10.2. The number of methoxy groups -OCH3 is 1. The molecule has 0 aromatic carbocycles. The molecule has 0 bridgehead atoms. The third-order valence-corrected chi connectivity index (χ3v) is 6.15. The van der Waals surface area contributed by atoms with Crippen LogP contribution in [-0.4, -0.2) is 36.3 Å². The molecule has 1 aliphatic heterocycles. The molecule has 0 spiro atoms. The van der Waals surface area contributed by atoms with E-state index in [4.69, 9.17) is 9.47 Å². The monoisotopic (exact) mass is 388 g/mol. The zero-order chi connectivity index (χ0) is 18.6. The number of rotatable bonds is 6. The van der Waals surface area contributed by atoms with Crippen molar-refractivity contribution in [1.29, 1.82) is 0 Å². The first-order valence-electron chi connectivity index (χ1n) is 9.34. The molecule has 1 saturated carbocycles. The van der Waals surface area contributed by atoms with Crippen molar-refractivity contribution in [1.82, 2.24) is 15.3 Å². The molecular weight excluding hydrogens is 364 g/mol. The van der Waals surface area contributed by atoms with Gasteiger partial charge in [0, 0.05) is 36.6 Å². The Labute approximate surface area is 162 Å². The number of hydrogen-bond acceptors (Lipinski definition) is 6. The molecule has 4 rings (SSSR count). The Hall–Kier alpha value is -2.19. The van der Waals surface area contributed by atoms with Crippen LogP contribution in [0.25, 0.3) is 0 Å². The van der Waals surface area contributed by atoms with Crippen LogP contribution < -0.4 is 15.4 Å². The molecule has 0 radical (unpaired) electrons. The van der Waals surface area contributed by atoms with E-state index in [-0.39, 0.29) is 12.1 Å². The number of carbonyl (C=O) groups excluding carboxylic acids is 1. The van der Waals surface area contributed by atoms with E-state index in [0.29, 0.717) is 22.8 Å². The highest BCUT2D eigenvalue weighted by Gasteiger charge is 2.34. The van der Waals surface area contributed by atoms with Gasteiger partial charge in [-0.1, -0.05) is 6.07 Å². The minimum Gasteiger partial charge on any atom is -0.481 e. The number of thiazole rings is 1. The summed E-state index contributed by atoms with van der Waals surface area (Å²) in [4.78, 5) is 22.4. The Morgan fingerprint density at radius 3 is 2.70 bits per heavy atom. The lowest BCUT2D eigenvalue weighted by Gasteiger charge is -2.20. The number of ether oxygens (including phenoxy) is 2. The van der Waals surface area contributed by atoms with Gasteiger partial charge in [0.1, 0.15) is 0 Å². The highest BCUT2D eigenvalue weighted by Crippen LogP contribution is 2.41. The number of anilines is 1. The molecule has 1 aliphatic carbocycles. The van der Waals surface area contributed by atoms with E-state index in [1.54, 1.807) is 24.6 Å². The summed E-state index contributed by atoms with van der Waals surface area (Å²) in [6, 6.07) is 3.52. The fourth-order valence-corrected chi connectivity index (χ4v) is 4.37. The summed E-state index contributed by atoms with van der Waals surface area (Å²) in [7, 11) is 1.59. The van der Waals surface area contributed by atoms with Crippen LogP contribution in [0.5, 0.6) is 5.88 Å². The number of amides is 2. The topological polar surface area (TPSA) is 85.4 Å². The molecule has 2 aliphatic rings. The Morgan fingerprint density at radius 2 is 2.04 bits per heavy atom. The highest BCUT2D eigenvalue weighted by atomic mass is 32.1. The number of hydrogen-bond donors (Lipinski definition) is 2. The molecule has 2 aromatic heterocycles. The third kappa shape index (κ3) is 4.56. The molecule has 2 amide bonds. The number of aromatic nitrogens is 2. The van der Waals surface area contributed by atoms with Gasteiger partial charge < -0.3 is 14.8 Å². The van der Waals surface area contributed by atoms with Crippen molar-refractivity contribution in [3.8, 4) is 5.88 Å². The van der Waals surface area contributed by atoms with Crippen molar-refractivity contribution in [2.75, 3.05) is 25.6 Å². The van der Waals surface area contributed by atoms with Crippen LogP contribution in [0.1, 0.15) is 48.1 Å². The lowest BCUT2D eigenvalue weighted by molar-refractivity contribution is 0.0860. The van der Waals surface area contributed by atoms with Gasteiger partial charge >= 0.3 is 6.03 Å². The normalized spacial score (nSPS) is 18.7. The van der Waals surface area contributed by atoms with Crippen LogP contribution in [0.3, 0.4) is 0 Å². The van der Waals surface area contributed by atoms with E-state index in [1.807, 2.05) is 18.3 Å². The summed E-state index contributed by atoms with van der Waals surface area (Å²) in [6.45, 7) is 1.59. The minimum atomic E-state index is -0.226. The van der Waals surface area contributed by atoms with Gasteiger partial charge in [-0.05, 0) is 43.1 Å². The third-order valence-electron chi connectivity index (χ3n) is 5.08. The first-order chi connectivity index (χ1) is 13.2. The largest absolute Gasteiger partial charge is 0.481 e. The van der Waals surface area contributed by atoms with Gasteiger partial charge in [0.15, 0.2) is 5.13 Å². The van der Waals surface area contributed by atoms with Gasteiger partial charge in [0.2, 0.25) is 5.88 Å². The predicted octanol–water partition coefficient (Wildman–Crippen LogP) is 3.71. The second kappa shape index (κ2) is 8.22. The summed E-state index contributed by atoms with van der Waals surface area (Å²) < 4.78 is 10.5. The summed E-state index contributed by atoms with van der Waals surface area (Å²) in [5.41, 5.74) is 0.996. The second-order valence-electron chi connectivity index (χ2n) is 7.00. The van der Waals surface area contributed by atoms with Crippen LogP contribution in [0.15, 0.2) is 24.5 Å². The quantitative estimate of drug-likeness (QED) is 0.788. The van der Waals surface area contributed by atoms with E-state index >= 15 is 0 Å². The van der Waals surface area contributed by atoms with Gasteiger partial charge in [0.25, 0.3) is 0 Å². The van der Waals surface area contributed by atoms with Crippen LogP contribution in [0, 0.1) is 5.92 Å². The van der Waals surface area contributed by atoms with Crippen molar-refractivity contribution in [3.05, 3.63) is 35.0 Å². The highest BCUT2D eigenvalue weighted by molar-refractivity contribution is 7.15. The molecule has 0 unspecified atom stereocenters. The number of nitrogens with zero attached hydrogens (tertiary/aromatic N) is 2. The molecule has 8 heteroatoms. The molecule has 2 N–H and O–H groups in total. The molecule has 144 valence electrons. The first kappa shape index (κ1) is 18.2. The predicted molar refractivity (Wildman–Crippen MR) is 103 cm³/mol. The van der Waals surface area contributed by atoms with E-state index in [2.05, 4.69) is 20.6 Å². The van der Waals surface area contributed by atoms with Gasteiger partial charge in [0.05, 0.1) is 13.2 Å². The molecular formula is C19H24N4O3S. The zero-order valence-electron chi connectivity index (χ0n) is 15.3. The van der Waals surface area contributed by atoms with Crippen LogP contribution >= 0.6 is 11.3 Å². The minimum absolute atomic E-state index is 0.0432. The fourth-order valence-electron chi connectivity index (χ4n) is 3.39. The molecule has 27 heavy (non-hydrogen) atoms. The zero-order valence-corrected chi connectivity index (χ0v) is 16.1. The molecule has 7 nitrogen and oxygen atoms in total. The maximum absolute atomic E-state index is 12.5. The number of carbonyl (C=O) groups is 1. The maximum Gasteiger partial charge on any atom is 0.321 e. The fraction of sp³-hybridized carbons (Fsp3) is 0.526. The smallest absolute Gasteiger partial charge is 0.321 e. The van der Waals surface area contributed by atoms with E-state index in [0.717, 1.165) is 44.5 Å². The van der Waals surface area contributed by atoms with E-state index in [1.165, 1.54) is 4.88 Å². The number of nitrogens with one attached hydrogen (secondary N) is 2. The van der Waals surface area contributed by atoms with Crippen molar-refractivity contribution in [3.63, 3.8) is 0 Å². The summed E-state index contributed by atoms with van der Waals surface area (Å²) in [5, 5.41) is 6.61. The average molecular weight is 388 g/mol. The summed E-state index contributed by atoms with van der Waals surface area (Å²) in [6.07, 6.45) is 7.91. The second-order valence-corrected chi connectivity index (χ2v) is 8.06. The summed E-state index contributed by atoms with van der Waals surface area (Å²) in [5.74, 6) is 1.51.